The van der Waals surface area contributed by atoms with Crippen molar-refractivity contribution in [1.29, 1.82) is 5.26 Å². The molecule has 4 heterocycles. The fourth-order valence-corrected chi connectivity index (χ4v) is 7.03. The van der Waals surface area contributed by atoms with Gasteiger partial charge < -0.3 is 14.9 Å². The number of aliphatic imine (C=N–C) groups is 1. The molecule has 0 aliphatic carbocycles. The second-order valence-electron chi connectivity index (χ2n) is 12.1. The molecule has 0 radical (unpaired) electrons. The predicted octanol–water partition coefficient (Wildman–Crippen LogP) is 6.78. The normalized spacial score (nSPS) is 21.3. The standard InChI is InChI=1S/C33H31Cl2F3N6O3/c1-7-21(45)43-16(5)12-42(13-17(43)6)30-18-10-20(34)28(22-24(36)23(35)25(37)26(38)31(22)46)41-32(18)44(33(47)19(30)11-39)29-15(4)8-9-40-27(29)14(2)3/h7-10,14-17,29,46H,1,12-13H2,2-6H3/t15-,16-,17+,29?/m1/s1. The number of rotatable bonds is 5. The van der Waals surface area contributed by atoms with Gasteiger partial charge in [-0.15, -0.1) is 0 Å². The number of allylic oxidation sites excluding steroid dienone is 1. The molecule has 246 valence electrons. The van der Waals surface area contributed by atoms with Crippen LogP contribution in [0.2, 0.25) is 10.0 Å². The number of hydrogen-bond donors (Lipinski definition) is 1. The zero-order valence-corrected chi connectivity index (χ0v) is 27.7. The Morgan fingerprint density at radius 3 is 2.36 bits per heavy atom. The second-order valence-corrected chi connectivity index (χ2v) is 12.9. The first-order chi connectivity index (χ1) is 22.2. The maximum Gasteiger partial charge on any atom is 0.272 e. The van der Waals surface area contributed by atoms with E-state index in [1.165, 1.54) is 16.7 Å². The molecule has 0 bridgehead atoms. The molecule has 0 spiro atoms. The minimum Gasteiger partial charge on any atom is -0.504 e. The molecular formula is C33H31Cl2F3N6O3. The van der Waals surface area contributed by atoms with E-state index < -0.39 is 51.1 Å². The van der Waals surface area contributed by atoms with Gasteiger partial charge in [0.25, 0.3) is 5.56 Å². The van der Waals surface area contributed by atoms with Gasteiger partial charge in [-0.25, -0.2) is 13.8 Å². The van der Waals surface area contributed by atoms with Crippen molar-refractivity contribution >= 4 is 51.5 Å². The number of hydrogen-bond acceptors (Lipinski definition) is 7. The molecule has 1 fully saturated rings. The zero-order valence-electron chi connectivity index (χ0n) is 26.2. The fourth-order valence-electron chi connectivity index (χ4n) is 6.61. The summed E-state index contributed by atoms with van der Waals surface area (Å²) in [6, 6.07) is 1.91. The molecule has 1 saturated heterocycles. The van der Waals surface area contributed by atoms with Crippen LogP contribution in [0.4, 0.5) is 18.9 Å². The number of benzene rings is 1. The number of phenols is 1. The lowest BCUT2D eigenvalue weighted by molar-refractivity contribution is -0.130. The summed E-state index contributed by atoms with van der Waals surface area (Å²) in [5.74, 6) is -7.29. The topological polar surface area (TPSA) is 115 Å². The van der Waals surface area contributed by atoms with Crippen molar-refractivity contribution in [3.63, 3.8) is 0 Å². The van der Waals surface area contributed by atoms with Crippen molar-refractivity contribution in [2.45, 2.75) is 52.7 Å². The van der Waals surface area contributed by atoms with Gasteiger partial charge in [-0.05, 0) is 31.9 Å². The molecule has 1 unspecified atom stereocenters. The number of aromatic nitrogens is 2. The number of phenolic OH excluding ortho intramolecular Hbond substituents is 1. The highest BCUT2D eigenvalue weighted by Crippen LogP contribution is 2.44. The molecule has 2 aliphatic heterocycles. The summed E-state index contributed by atoms with van der Waals surface area (Å²) in [7, 11) is 0. The van der Waals surface area contributed by atoms with E-state index in [1.54, 1.807) is 22.1 Å². The SMILES string of the molecule is C=CC(=O)N1[C@H](C)CN(c2c(C#N)c(=O)n(C3C(C(C)C)=NC=C[C@H]3C)c3nc(-c4c(O)c(F)c(F)c(Cl)c4F)c(Cl)cc23)C[C@@H]1C. The lowest BCUT2D eigenvalue weighted by atomic mass is 9.88. The first kappa shape index (κ1) is 34.0. The van der Waals surface area contributed by atoms with Crippen molar-refractivity contribution in [2.24, 2.45) is 16.8 Å². The predicted molar refractivity (Wildman–Crippen MR) is 176 cm³/mol. The molecule has 1 amide bonds. The average Bonchev–Trinajstić information content (AvgIpc) is 3.02. The van der Waals surface area contributed by atoms with Gasteiger partial charge in [-0.1, -0.05) is 56.6 Å². The largest absolute Gasteiger partial charge is 0.504 e. The number of carbonyl (C=O) groups excluding carboxylic acids is 1. The van der Waals surface area contributed by atoms with Crippen molar-refractivity contribution in [2.75, 3.05) is 18.0 Å². The summed E-state index contributed by atoms with van der Waals surface area (Å²) < 4.78 is 45.7. The van der Waals surface area contributed by atoms with Crippen LogP contribution in [0.1, 0.15) is 46.2 Å². The summed E-state index contributed by atoms with van der Waals surface area (Å²) >= 11 is 12.4. The minimum absolute atomic E-state index is 0.0755. The molecular weight excluding hydrogens is 656 g/mol. The van der Waals surface area contributed by atoms with Gasteiger partial charge in [0.05, 0.1) is 28.0 Å². The van der Waals surface area contributed by atoms with Gasteiger partial charge in [-0.2, -0.15) is 9.65 Å². The maximum atomic E-state index is 15.5. The van der Waals surface area contributed by atoms with E-state index in [0.717, 1.165) is 0 Å². The molecule has 9 nitrogen and oxygen atoms in total. The summed E-state index contributed by atoms with van der Waals surface area (Å²) in [5.41, 5.74) is -1.66. The van der Waals surface area contributed by atoms with Crippen molar-refractivity contribution in [1.82, 2.24) is 14.5 Å². The summed E-state index contributed by atoms with van der Waals surface area (Å²) in [6.45, 7) is 13.3. The number of nitrogens with zero attached hydrogens (tertiary/aromatic N) is 6. The number of nitriles is 1. The molecule has 2 aliphatic rings. The molecule has 14 heteroatoms. The maximum absolute atomic E-state index is 15.5. The Balaban J connectivity index is 1.91. The van der Waals surface area contributed by atoms with Crippen molar-refractivity contribution < 1.29 is 23.1 Å². The van der Waals surface area contributed by atoms with Crippen LogP contribution in [-0.2, 0) is 4.79 Å². The van der Waals surface area contributed by atoms with Crippen LogP contribution < -0.4 is 10.5 Å². The van der Waals surface area contributed by atoms with E-state index in [0.29, 0.717) is 5.71 Å². The van der Waals surface area contributed by atoms with Crippen molar-refractivity contribution in [3.8, 4) is 23.1 Å². The first-order valence-electron chi connectivity index (χ1n) is 14.8. The molecule has 3 aromatic rings. The van der Waals surface area contributed by atoms with E-state index in [4.69, 9.17) is 23.2 Å². The Labute approximate surface area is 278 Å². The first-order valence-corrected chi connectivity index (χ1v) is 15.6. The number of aromatic hydroxyl groups is 1. The number of carbonyl (C=O) groups is 1. The smallest absolute Gasteiger partial charge is 0.272 e. The molecule has 5 rings (SSSR count). The van der Waals surface area contributed by atoms with Crippen molar-refractivity contribution in [3.05, 3.63) is 74.4 Å². The Bertz CT molecular complexity index is 1960. The highest BCUT2D eigenvalue weighted by molar-refractivity contribution is 6.34. The third kappa shape index (κ3) is 5.45. The van der Waals surface area contributed by atoms with Gasteiger partial charge in [0.15, 0.2) is 17.4 Å². The van der Waals surface area contributed by atoms with E-state index in [9.17, 15) is 28.7 Å². The number of piperazine rings is 1. The second kappa shape index (κ2) is 12.7. The summed E-state index contributed by atoms with van der Waals surface area (Å²) in [5, 5.41) is 19.7. The molecule has 1 N–H and O–H groups in total. The van der Waals surface area contributed by atoms with Crippen LogP contribution >= 0.6 is 23.2 Å². The highest BCUT2D eigenvalue weighted by atomic mass is 35.5. The van der Waals surface area contributed by atoms with Gasteiger partial charge in [0.2, 0.25) is 11.7 Å². The lowest BCUT2D eigenvalue weighted by Gasteiger charge is -2.45. The van der Waals surface area contributed by atoms with Gasteiger partial charge in [-0.3, -0.25) is 19.1 Å². The number of halogens is 5. The molecule has 1 aromatic carbocycles. The van der Waals surface area contributed by atoms with Crippen LogP contribution in [0.5, 0.6) is 5.75 Å². The summed E-state index contributed by atoms with van der Waals surface area (Å²) in [4.78, 5) is 39.7. The fraction of sp³-hybridized carbons (Fsp3) is 0.364. The summed E-state index contributed by atoms with van der Waals surface area (Å²) in [6.07, 6.45) is 4.63. The number of anilines is 1. The molecule has 47 heavy (non-hydrogen) atoms. The van der Waals surface area contributed by atoms with Crippen LogP contribution in [0.25, 0.3) is 22.3 Å². The number of pyridine rings is 2. The van der Waals surface area contributed by atoms with Gasteiger partial charge >= 0.3 is 0 Å². The van der Waals surface area contributed by atoms with Crippen LogP contribution in [0.15, 0.2) is 40.8 Å². The Morgan fingerprint density at radius 1 is 1.15 bits per heavy atom. The van der Waals surface area contributed by atoms with Crippen LogP contribution in [-0.4, -0.2) is 56.3 Å². The highest BCUT2D eigenvalue weighted by Gasteiger charge is 2.38. The molecule has 4 atom stereocenters. The quantitative estimate of drug-likeness (QED) is 0.180. The third-order valence-corrected chi connectivity index (χ3v) is 9.27. The zero-order chi connectivity index (χ0) is 34.6. The monoisotopic (exact) mass is 686 g/mol. The molecule has 0 saturated carbocycles. The van der Waals surface area contributed by atoms with Gasteiger partial charge in [0.1, 0.15) is 22.3 Å². The lowest BCUT2D eigenvalue weighted by Crippen LogP contribution is -2.58. The minimum atomic E-state index is -1.81. The average molecular weight is 688 g/mol. The molecule has 2 aromatic heterocycles. The third-order valence-electron chi connectivity index (χ3n) is 8.65. The van der Waals surface area contributed by atoms with E-state index in [2.05, 4.69) is 22.6 Å². The van der Waals surface area contributed by atoms with E-state index in [-0.39, 0.29) is 70.2 Å². The Kier molecular flexibility index (Phi) is 9.18. The Hall–Kier alpha value is -4.34. The van der Waals surface area contributed by atoms with Crippen LogP contribution in [0, 0.1) is 40.6 Å². The van der Waals surface area contributed by atoms with Crippen LogP contribution in [0.3, 0.4) is 0 Å². The van der Waals surface area contributed by atoms with E-state index in [1.807, 2.05) is 34.6 Å². The number of fused-ring (bicyclic) bond motifs is 1. The Morgan fingerprint density at radius 2 is 1.79 bits per heavy atom. The van der Waals surface area contributed by atoms with E-state index >= 15 is 4.39 Å². The van der Waals surface area contributed by atoms with Gasteiger partial charge in [0, 0.05) is 48.4 Å². The number of amides is 1.